The summed E-state index contributed by atoms with van der Waals surface area (Å²) < 4.78 is 0. The van der Waals surface area contributed by atoms with Crippen LogP contribution in [0.2, 0.25) is 0 Å². The lowest BCUT2D eigenvalue weighted by atomic mass is 10.0. The van der Waals surface area contributed by atoms with Crippen LogP contribution in [0.3, 0.4) is 0 Å². The Morgan fingerprint density at radius 3 is 2.58 bits per heavy atom. The van der Waals surface area contributed by atoms with Crippen LogP contribution in [0.15, 0.2) is 12.1 Å². The molecule has 0 saturated heterocycles. The van der Waals surface area contributed by atoms with Crippen LogP contribution >= 0.6 is 11.3 Å². The number of thiophene rings is 1. The topological polar surface area (TPSA) is 20.2 Å². The Balaban J connectivity index is 2.19. The monoisotopic (exact) mass is 182 g/mol. The number of aliphatic hydroxyl groups is 1. The molecule has 1 aromatic rings. The molecule has 0 amide bonds. The normalized spacial score (nSPS) is 22.2. The predicted octanol–water partition coefficient (Wildman–Crippen LogP) is 2.89. The van der Waals surface area contributed by atoms with Crippen LogP contribution in [0.1, 0.15) is 35.6 Å². The van der Waals surface area contributed by atoms with Gasteiger partial charge in [-0.05, 0) is 37.3 Å². The summed E-state index contributed by atoms with van der Waals surface area (Å²) in [7, 11) is 0. The third-order valence-corrected chi connectivity index (χ3v) is 3.78. The molecule has 66 valence electrons. The van der Waals surface area contributed by atoms with E-state index in [-0.39, 0.29) is 11.5 Å². The Labute approximate surface area is 77.0 Å². The zero-order valence-corrected chi connectivity index (χ0v) is 8.32. The van der Waals surface area contributed by atoms with E-state index in [2.05, 4.69) is 19.9 Å². The van der Waals surface area contributed by atoms with E-state index in [1.165, 1.54) is 17.7 Å². The van der Waals surface area contributed by atoms with Gasteiger partial charge in [-0.2, -0.15) is 0 Å². The van der Waals surface area contributed by atoms with Gasteiger partial charge in [0.05, 0.1) is 6.10 Å². The highest BCUT2D eigenvalue weighted by molar-refractivity contribution is 7.12. The molecule has 12 heavy (non-hydrogen) atoms. The van der Waals surface area contributed by atoms with Gasteiger partial charge in [-0.25, -0.2) is 0 Å². The van der Waals surface area contributed by atoms with Crippen LogP contribution in [0.5, 0.6) is 0 Å². The average Bonchev–Trinajstić information content (AvgIpc) is 2.62. The largest absolute Gasteiger partial charge is 0.387 e. The number of aryl methyl sites for hydroxylation is 1. The van der Waals surface area contributed by atoms with Crippen molar-refractivity contribution in [2.24, 2.45) is 5.41 Å². The van der Waals surface area contributed by atoms with Gasteiger partial charge in [-0.3, -0.25) is 0 Å². The van der Waals surface area contributed by atoms with Crippen molar-refractivity contribution < 1.29 is 5.11 Å². The van der Waals surface area contributed by atoms with Crippen molar-refractivity contribution in [2.45, 2.75) is 32.8 Å². The first-order valence-electron chi connectivity index (χ1n) is 4.36. The first kappa shape index (κ1) is 8.27. The molecule has 0 bridgehead atoms. The van der Waals surface area contributed by atoms with Crippen molar-refractivity contribution in [3.63, 3.8) is 0 Å². The number of aliphatic hydroxyl groups excluding tert-OH is 1. The molecule has 1 fully saturated rings. The highest BCUT2D eigenvalue weighted by Crippen LogP contribution is 2.55. The number of rotatable bonds is 2. The molecule has 0 aliphatic heterocycles. The van der Waals surface area contributed by atoms with Gasteiger partial charge in [0, 0.05) is 9.75 Å². The lowest BCUT2D eigenvalue weighted by Crippen LogP contribution is -2.07. The van der Waals surface area contributed by atoms with Crippen molar-refractivity contribution in [3.05, 3.63) is 21.9 Å². The minimum absolute atomic E-state index is 0.192. The molecule has 0 radical (unpaired) electrons. The Morgan fingerprint density at radius 2 is 2.17 bits per heavy atom. The maximum atomic E-state index is 9.94. The van der Waals surface area contributed by atoms with Crippen LogP contribution in [-0.2, 0) is 0 Å². The lowest BCUT2D eigenvalue weighted by molar-refractivity contribution is 0.107. The van der Waals surface area contributed by atoms with Crippen LogP contribution in [0, 0.1) is 12.3 Å². The minimum atomic E-state index is -0.226. The zero-order valence-electron chi connectivity index (χ0n) is 7.50. The maximum Gasteiger partial charge on any atom is 0.0935 e. The van der Waals surface area contributed by atoms with Crippen LogP contribution in [0.25, 0.3) is 0 Å². The van der Waals surface area contributed by atoms with Crippen molar-refractivity contribution in [3.8, 4) is 0 Å². The second-order valence-corrected chi connectivity index (χ2v) is 5.32. The molecule has 1 atom stereocenters. The average molecular weight is 182 g/mol. The van der Waals surface area contributed by atoms with E-state index in [1.54, 1.807) is 11.3 Å². The SMILES string of the molecule is Cc1ccc([C@@H](O)C2(C)CC2)s1. The van der Waals surface area contributed by atoms with Crippen LogP contribution in [0.4, 0.5) is 0 Å². The van der Waals surface area contributed by atoms with E-state index in [1.807, 2.05) is 6.07 Å². The fourth-order valence-electron chi connectivity index (χ4n) is 1.41. The van der Waals surface area contributed by atoms with E-state index in [0.29, 0.717) is 0 Å². The van der Waals surface area contributed by atoms with E-state index >= 15 is 0 Å². The fraction of sp³-hybridized carbons (Fsp3) is 0.600. The maximum absolute atomic E-state index is 9.94. The Morgan fingerprint density at radius 1 is 1.50 bits per heavy atom. The van der Waals surface area contributed by atoms with Crippen molar-refractivity contribution in [1.82, 2.24) is 0 Å². The quantitative estimate of drug-likeness (QED) is 0.745. The number of hydrogen-bond acceptors (Lipinski definition) is 2. The van der Waals surface area contributed by atoms with Crippen molar-refractivity contribution in [1.29, 1.82) is 0 Å². The second kappa shape index (κ2) is 2.57. The Hall–Kier alpha value is -0.340. The van der Waals surface area contributed by atoms with Gasteiger partial charge in [0.1, 0.15) is 0 Å². The smallest absolute Gasteiger partial charge is 0.0935 e. The zero-order chi connectivity index (χ0) is 8.77. The first-order chi connectivity index (χ1) is 5.62. The van der Waals surface area contributed by atoms with E-state index in [9.17, 15) is 5.11 Å². The van der Waals surface area contributed by atoms with Crippen LogP contribution in [-0.4, -0.2) is 5.11 Å². The summed E-state index contributed by atoms with van der Waals surface area (Å²) in [5.41, 5.74) is 0.192. The minimum Gasteiger partial charge on any atom is -0.387 e. The van der Waals surface area contributed by atoms with Gasteiger partial charge in [-0.15, -0.1) is 11.3 Å². The molecule has 2 rings (SSSR count). The molecule has 0 aromatic carbocycles. The summed E-state index contributed by atoms with van der Waals surface area (Å²) in [6.07, 6.45) is 2.12. The summed E-state index contributed by atoms with van der Waals surface area (Å²) in [5, 5.41) is 9.94. The summed E-state index contributed by atoms with van der Waals surface area (Å²) in [6, 6.07) is 4.13. The summed E-state index contributed by atoms with van der Waals surface area (Å²) in [4.78, 5) is 2.42. The highest BCUT2D eigenvalue weighted by atomic mass is 32.1. The molecule has 1 aliphatic carbocycles. The summed E-state index contributed by atoms with van der Waals surface area (Å²) >= 11 is 1.71. The van der Waals surface area contributed by atoms with Gasteiger partial charge in [0.2, 0.25) is 0 Å². The first-order valence-corrected chi connectivity index (χ1v) is 5.18. The molecule has 1 aliphatic rings. The lowest BCUT2D eigenvalue weighted by Gasteiger charge is -2.15. The summed E-state index contributed by atoms with van der Waals surface area (Å²) in [6.45, 7) is 4.24. The molecule has 0 spiro atoms. The molecule has 0 unspecified atom stereocenters. The summed E-state index contributed by atoms with van der Waals surface area (Å²) in [5.74, 6) is 0. The van der Waals surface area contributed by atoms with Crippen molar-refractivity contribution >= 4 is 11.3 Å². The van der Waals surface area contributed by atoms with Gasteiger partial charge < -0.3 is 5.11 Å². The molecular formula is C10H14OS. The van der Waals surface area contributed by atoms with Gasteiger partial charge in [-0.1, -0.05) is 6.92 Å². The standard InChI is InChI=1S/C10H14OS/c1-7-3-4-8(12-7)9(11)10(2)5-6-10/h3-4,9,11H,5-6H2,1-2H3/t9-/m1/s1. The van der Waals surface area contributed by atoms with E-state index < -0.39 is 0 Å². The van der Waals surface area contributed by atoms with Gasteiger partial charge in [0.15, 0.2) is 0 Å². The molecular weight excluding hydrogens is 168 g/mol. The molecule has 1 nitrogen and oxygen atoms in total. The van der Waals surface area contributed by atoms with Crippen molar-refractivity contribution in [2.75, 3.05) is 0 Å². The molecule has 1 N–H and O–H groups in total. The molecule has 1 heterocycles. The molecule has 1 saturated carbocycles. The Bertz CT molecular complexity index is 286. The highest BCUT2D eigenvalue weighted by Gasteiger charge is 2.45. The fourth-order valence-corrected chi connectivity index (χ4v) is 2.45. The second-order valence-electron chi connectivity index (χ2n) is 4.00. The Kier molecular flexibility index (Phi) is 1.77. The van der Waals surface area contributed by atoms with E-state index in [0.717, 1.165) is 4.88 Å². The number of hydrogen-bond donors (Lipinski definition) is 1. The van der Waals surface area contributed by atoms with E-state index in [4.69, 9.17) is 0 Å². The van der Waals surface area contributed by atoms with Crippen LogP contribution < -0.4 is 0 Å². The van der Waals surface area contributed by atoms with Gasteiger partial charge >= 0.3 is 0 Å². The molecule has 1 aromatic heterocycles. The molecule has 2 heteroatoms. The predicted molar refractivity (Wildman–Crippen MR) is 51.4 cm³/mol. The van der Waals surface area contributed by atoms with Gasteiger partial charge in [0.25, 0.3) is 0 Å². The third-order valence-electron chi connectivity index (χ3n) is 2.73. The third kappa shape index (κ3) is 1.29.